The lowest BCUT2D eigenvalue weighted by Gasteiger charge is -2.11. The van der Waals surface area contributed by atoms with Gasteiger partial charge in [-0.2, -0.15) is 5.26 Å². The second-order valence-corrected chi connectivity index (χ2v) is 5.23. The molecule has 0 saturated heterocycles. The molecular weight excluding hydrogens is 334 g/mol. The van der Waals surface area contributed by atoms with Crippen molar-refractivity contribution in [1.29, 1.82) is 5.26 Å². The molecule has 0 unspecified atom stereocenters. The molecule has 0 spiro atoms. The average molecular weight is 351 g/mol. The van der Waals surface area contributed by atoms with Crippen LogP contribution in [0.25, 0.3) is 11.1 Å². The van der Waals surface area contributed by atoms with Crippen LogP contribution in [-0.2, 0) is 14.3 Å². The number of carbonyl (C=O) groups is 3. The number of likely N-dealkylation sites (N-methyl/N-ethyl adjacent to an activating group) is 1. The minimum absolute atomic E-state index is 0.195. The van der Waals surface area contributed by atoms with E-state index in [4.69, 9.17) is 4.74 Å². The first-order valence-electron chi connectivity index (χ1n) is 7.79. The maximum absolute atomic E-state index is 12.4. The van der Waals surface area contributed by atoms with Crippen LogP contribution >= 0.6 is 0 Å². The van der Waals surface area contributed by atoms with Crippen LogP contribution in [0.5, 0.6) is 0 Å². The summed E-state index contributed by atoms with van der Waals surface area (Å²) in [6.45, 7) is -0.705. The Bertz CT molecular complexity index is 871. The number of carbonyl (C=O) groups excluding carboxylic acids is 3. The van der Waals surface area contributed by atoms with Gasteiger partial charge in [0, 0.05) is 12.6 Å². The van der Waals surface area contributed by atoms with Crippen molar-refractivity contribution in [3.8, 4) is 17.2 Å². The number of nitriles is 1. The van der Waals surface area contributed by atoms with Crippen LogP contribution in [0.15, 0.2) is 48.5 Å². The number of hydrogen-bond donors (Lipinski definition) is 2. The van der Waals surface area contributed by atoms with Gasteiger partial charge in [-0.05, 0) is 17.7 Å². The lowest BCUT2D eigenvalue weighted by molar-refractivity contribution is -0.127. The topological polar surface area (TPSA) is 108 Å². The van der Waals surface area contributed by atoms with Gasteiger partial charge in [-0.1, -0.05) is 36.4 Å². The molecule has 2 N–H and O–H groups in total. The van der Waals surface area contributed by atoms with Gasteiger partial charge in [-0.3, -0.25) is 9.59 Å². The highest BCUT2D eigenvalue weighted by Crippen LogP contribution is 2.27. The fraction of sp³-hybridized carbons (Fsp3) is 0.158. The Morgan fingerprint density at radius 3 is 2.35 bits per heavy atom. The molecule has 0 fully saturated rings. The van der Waals surface area contributed by atoms with Gasteiger partial charge in [0.05, 0.1) is 23.7 Å². The fourth-order valence-electron chi connectivity index (χ4n) is 2.24. The average Bonchev–Trinajstić information content (AvgIpc) is 2.70. The van der Waals surface area contributed by atoms with Crippen LogP contribution in [0.2, 0.25) is 0 Å². The quantitative estimate of drug-likeness (QED) is 0.761. The highest BCUT2D eigenvalue weighted by molar-refractivity contribution is 5.99. The Labute approximate surface area is 150 Å². The Hall–Kier alpha value is -3.66. The molecule has 2 rings (SSSR count). The smallest absolute Gasteiger partial charge is 0.339 e. The highest BCUT2D eigenvalue weighted by atomic mass is 16.5. The summed E-state index contributed by atoms with van der Waals surface area (Å²) < 4.78 is 5.03. The number of ether oxygens (including phenoxy) is 1. The van der Waals surface area contributed by atoms with E-state index >= 15 is 0 Å². The molecular formula is C19H17N3O4. The van der Waals surface area contributed by atoms with Crippen LogP contribution in [0.4, 0.5) is 0 Å². The lowest BCUT2D eigenvalue weighted by atomic mass is 9.96. The molecule has 2 aromatic carbocycles. The Balaban J connectivity index is 2.12. The van der Waals surface area contributed by atoms with Crippen molar-refractivity contribution in [2.24, 2.45) is 0 Å². The van der Waals surface area contributed by atoms with Crippen LogP contribution in [0.1, 0.15) is 15.9 Å². The second kappa shape index (κ2) is 8.99. The van der Waals surface area contributed by atoms with Crippen molar-refractivity contribution in [1.82, 2.24) is 10.6 Å². The molecule has 7 heteroatoms. The van der Waals surface area contributed by atoms with E-state index in [-0.39, 0.29) is 18.0 Å². The lowest BCUT2D eigenvalue weighted by Crippen LogP contribution is -2.37. The van der Waals surface area contributed by atoms with Gasteiger partial charge in [-0.15, -0.1) is 0 Å². The number of nitrogens with one attached hydrogen (secondary N) is 2. The van der Waals surface area contributed by atoms with Crippen molar-refractivity contribution in [3.63, 3.8) is 0 Å². The predicted molar refractivity (Wildman–Crippen MR) is 94.0 cm³/mol. The number of amides is 2. The van der Waals surface area contributed by atoms with Crippen molar-refractivity contribution in [2.75, 3.05) is 20.2 Å². The van der Waals surface area contributed by atoms with Gasteiger partial charge < -0.3 is 15.4 Å². The summed E-state index contributed by atoms with van der Waals surface area (Å²) in [5, 5.41) is 14.0. The van der Waals surface area contributed by atoms with E-state index in [9.17, 15) is 19.6 Å². The van der Waals surface area contributed by atoms with Crippen LogP contribution < -0.4 is 10.6 Å². The third-order valence-electron chi connectivity index (χ3n) is 3.54. The van der Waals surface area contributed by atoms with Gasteiger partial charge in [0.1, 0.15) is 0 Å². The molecule has 0 bridgehead atoms. The van der Waals surface area contributed by atoms with Crippen molar-refractivity contribution in [3.05, 3.63) is 59.7 Å². The van der Waals surface area contributed by atoms with E-state index in [1.807, 2.05) is 0 Å². The van der Waals surface area contributed by atoms with Crippen LogP contribution in [-0.4, -0.2) is 38.0 Å². The molecule has 0 aliphatic carbocycles. The van der Waals surface area contributed by atoms with E-state index in [0.29, 0.717) is 16.7 Å². The van der Waals surface area contributed by atoms with E-state index < -0.39 is 18.5 Å². The monoisotopic (exact) mass is 351 g/mol. The van der Waals surface area contributed by atoms with E-state index in [1.165, 1.54) is 7.05 Å². The zero-order valence-electron chi connectivity index (χ0n) is 14.1. The maximum atomic E-state index is 12.4. The summed E-state index contributed by atoms with van der Waals surface area (Å²) in [4.78, 5) is 35.1. The zero-order chi connectivity index (χ0) is 18.9. The maximum Gasteiger partial charge on any atom is 0.339 e. The summed E-state index contributed by atoms with van der Waals surface area (Å²) in [6.07, 6.45) is 0. The van der Waals surface area contributed by atoms with Gasteiger partial charge >= 0.3 is 5.97 Å². The molecule has 132 valence electrons. The highest BCUT2D eigenvalue weighted by Gasteiger charge is 2.17. The minimum Gasteiger partial charge on any atom is -0.452 e. The van der Waals surface area contributed by atoms with Gasteiger partial charge in [0.15, 0.2) is 6.61 Å². The van der Waals surface area contributed by atoms with E-state index in [0.717, 1.165) is 0 Å². The largest absolute Gasteiger partial charge is 0.452 e. The third-order valence-corrected chi connectivity index (χ3v) is 3.54. The van der Waals surface area contributed by atoms with Gasteiger partial charge in [0.2, 0.25) is 5.91 Å². The summed E-state index contributed by atoms with van der Waals surface area (Å²) in [6, 6.07) is 15.7. The molecule has 2 amide bonds. The molecule has 0 saturated carbocycles. The first-order valence-corrected chi connectivity index (χ1v) is 7.79. The number of benzene rings is 2. The Morgan fingerprint density at radius 2 is 1.65 bits per heavy atom. The van der Waals surface area contributed by atoms with E-state index in [2.05, 4.69) is 16.7 Å². The summed E-state index contributed by atoms with van der Waals surface area (Å²) >= 11 is 0. The molecule has 2 aromatic rings. The fourth-order valence-corrected chi connectivity index (χ4v) is 2.24. The molecule has 0 aliphatic rings. The summed E-state index contributed by atoms with van der Waals surface area (Å²) in [5.41, 5.74) is 1.82. The first kappa shape index (κ1) is 18.7. The number of rotatable bonds is 6. The number of hydrogen-bond acceptors (Lipinski definition) is 5. The van der Waals surface area contributed by atoms with Crippen molar-refractivity contribution >= 4 is 17.8 Å². The molecule has 0 atom stereocenters. The zero-order valence-corrected chi connectivity index (χ0v) is 14.1. The SMILES string of the molecule is CNC(=O)CNC(=O)COC(=O)c1ccccc1-c1ccccc1C#N. The summed E-state index contributed by atoms with van der Waals surface area (Å²) in [5.74, 6) is -1.64. The van der Waals surface area contributed by atoms with Crippen LogP contribution in [0.3, 0.4) is 0 Å². The second-order valence-electron chi connectivity index (χ2n) is 5.23. The van der Waals surface area contributed by atoms with Crippen LogP contribution in [0, 0.1) is 11.3 Å². The molecule has 26 heavy (non-hydrogen) atoms. The van der Waals surface area contributed by atoms with Gasteiger partial charge in [-0.25, -0.2) is 4.79 Å². The van der Waals surface area contributed by atoms with Gasteiger partial charge in [0.25, 0.3) is 5.91 Å². The Kier molecular flexibility index (Phi) is 6.46. The minimum atomic E-state index is -0.691. The first-order chi connectivity index (χ1) is 12.6. The summed E-state index contributed by atoms with van der Waals surface area (Å²) in [7, 11) is 1.45. The standard InChI is InChI=1S/C19H17N3O4/c1-21-17(23)11-22-18(24)12-26-19(25)16-9-5-4-8-15(16)14-7-3-2-6-13(14)10-20/h2-9H,11-12H2,1H3,(H,21,23)(H,22,24). The van der Waals surface area contributed by atoms with Crippen molar-refractivity contribution in [2.45, 2.75) is 0 Å². The molecule has 0 heterocycles. The normalized spacial score (nSPS) is 9.69. The molecule has 0 aromatic heterocycles. The molecule has 0 aliphatic heterocycles. The third kappa shape index (κ3) is 4.68. The number of esters is 1. The van der Waals surface area contributed by atoms with Crippen molar-refractivity contribution < 1.29 is 19.1 Å². The molecule has 7 nitrogen and oxygen atoms in total. The number of nitrogens with zero attached hydrogens (tertiary/aromatic N) is 1. The predicted octanol–water partition coefficient (Wildman–Crippen LogP) is 1.24. The Morgan fingerprint density at radius 1 is 1.00 bits per heavy atom. The van der Waals surface area contributed by atoms with E-state index in [1.54, 1.807) is 48.5 Å². The molecule has 0 radical (unpaired) electrons.